The molecule has 0 amide bonds. The van der Waals surface area contributed by atoms with E-state index in [2.05, 4.69) is 20.0 Å². The second-order valence-corrected chi connectivity index (χ2v) is 0.962. The molecule has 1 radical (unpaired) electrons. The first-order chi connectivity index (χ1) is 5.50. The van der Waals surface area contributed by atoms with Gasteiger partial charge in [-0.3, -0.25) is 0 Å². The molecular weight excluding hydrogens is 196 g/mol. The maximum absolute atomic E-state index is 7.50. The number of hydrogen-bond acceptors (Lipinski definition) is 0. The summed E-state index contributed by atoms with van der Waals surface area (Å²) in [7, 11) is 0. The van der Waals surface area contributed by atoms with E-state index in [1.165, 1.54) is 0 Å². The molecule has 0 bridgehead atoms. The molecule has 1 aromatic rings. The van der Waals surface area contributed by atoms with Gasteiger partial charge < -0.3 is 0 Å². The second kappa shape index (κ2) is 49.7. The smallest absolute Gasteiger partial charge is 0.214 e. The van der Waals surface area contributed by atoms with Crippen LogP contribution >= 0.6 is 0 Å². The van der Waals surface area contributed by atoms with Gasteiger partial charge in [0.15, 0.2) is 0 Å². The molecule has 0 unspecified atom stereocenters. The van der Waals surface area contributed by atoms with E-state index in [0.29, 0.717) is 0 Å². The second-order valence-electron chi connectivity index (χ2n) is 0.962. The van der Waals surface area contributed by atoms with Gasteiger partial charge in [0.1, 0.15) is 0 Å². The summed E-state index contributed by atoms with van der Waals surface area (Å²) in [4.78, 5) is 0. The minimum absolute atomic E-state index is 0. The van der Waals surface area contributed by atoms with Crippen molar-refractivity contribution in [3.8, 4) is 0 Å². The van der Waals surface area contributed by atoms with Gasteiger partial charge in [-0.1, -0.05) is 0 Å². The van der Waals surface area contributed by atoms with E-state index in [1.54, 1.807) is 0 Å². The van der Waals surface area contributed by atoms with E-state index in [-0.39, 0.29) is 17.4 Å². The molecule has 0 aliphatic rings. The van der Waals surface area contributed by atoms with Crippen molar-refractivity contribution in [2.45, 2.75) is 0 Å². The zero-order valence-corrected chi connectivity index (χ0v) is 7.29. The Morgan fingerprint density at radius 2 is 1.00 bits per heavy atom. The molecule has 3 nitrogen and oxygen atoms in total. The summed E-state index contributed by atoms with van der Waals surface area (Å²) in [6.45, 7) is 13.5. The van der Waals surface area contributed by atoms with Gasteiger partial charge in [0.2, 0.25) is 0 Å². The van der Waals surface area contributed by atoms with Gasteiger partial charge in [0, 0.05) is 0 Å². The van der Waals surface area contributed by atoms with Crippen molar-refractivity contribution in [2.24, 2.45) is 0 Å². The predicted octanol–water partition coefficient (Wildman–Crippen LogP) is 1.29. The third-order valence-corrected chi connectivity index (χ3v) is 0.556. The van der Waals surface area contributed by atoms with Crippen molar-refractivity contribution in [3.05, 3.63) is 50.3 Å². The first kappa shape index (κ1) is 22.5. The molecule has 4 heteroatoms. The van der Waals surface area contributed by atoms with Crippen LogP contribution in [-0.2, 0) is 31.3 Å². The van der Waals surface area contributed by atoms with Gasteiger partial charge in [-0.25, -0.2) is 12.1 Å². The maximum atomic E-state index is 7.50. The average Bonchev–Trinajstić information content (AvgIpc) is 2.71. The zero-order chi connectivity index (χ0) is 9.54. The van der Waals surface area contributed by atoms with Gasteiger partial charge in [0.25, 0.3) is 0 Å². The maximum Gasteiger partial charge on any atom is 5.00 e. The summed E-state index contributed by atoms with van der Waals surface area (Å²) in [6.07, 6.45) is 0. The van der Waals surface area contributed by atoms with Gasteiger partial charge in [-0.05, 0) is 0 Å². The monoisotopic (exact) mass is 201 g/mol. The topological polar surface area (TPSA) is 59.7 Å². The quantitative estimate of drug-likeness (QED) is 0.448. The number of hydrogen-bond donors (Lipinski definition) is 0. The average molecular weight is 201 g/mol. The van der Waals surface area contributed by atoms with Gasteiger partial charge in [0.05, 0.1) is 0 Å². The number of rotatable bonds is 0. The Morgan fingerprint density at radius 3 is 1.08 bits per heavy atom. The van der Waals surface area contributed by atoms with E-state index < -0.39 is 0 Å². The van der Waals surface area contributed by atoms with Crippen molar-refractivity contribution in [1.29, 1.82) is 0 Å². The fraction of sp³-hybridized carbons (Fsp3) is 0. The third kappa shape index (κ3) is 35.5. The molecule has 0 atom stereocenters. The van der Waals surface area contributed by atoms with E-state index in [0.717, 1.165) is 0 Å². The molecule has 1 rings (SSSR count). The summed E-state index contributed by atoms with van der Waals surface area (Å²) in [5, 5.41) is 0. The zero-order valence-electron chi connectivity index (χ0n) is 6.02. The molecule has 0 aliphatic heterocycles. The SMILES string of the molecule is [C-]#[O+].[C-]#[O+].[C-]#[O+].[Cr+5].c1cc[cH-]c1. The van der Waals surface area contributed by atoms with Crippen LogP contribution in [0.5, 0.6) is 0 Å². The molecule has 57 valence electrons. The van der Waals surface area contributed by atoms with Crippen molar-refractivity contribution in [1.82, 2.24) is 0 Å². The Balaban J connectivity index is -0.0000000406. The van der Waals surface area contributed by atoms with Crippen molar-refractivity contribution in [2.75, 3.05) is 0 Å². The van der Waals surface area contributed by atoms with E-state index in [9.17, 15) is 0 Å². The fourth-order valence-electron chi connectivity index (χ4n) is 0.321. The Hall–Kier alpha value is -0.898. The minimum Gasteiger partial charge on any atom is -0.214 e. The summed E-state index contributed by atoms with van der Waals surface area (Å²) in [6, 6.07) is 10.0. The normalized spacial score (nSPS) is 3.83. The molecule has 0 aromatic heterocycles. The standard InChI is InChI=1S/C5H5.3CO.Cr/c1-2-4-5-3-1;3*1-2;/h1-5H;;;;/q-1;;;;+5. The molecule has 0 fully saturated rings. The summed E-state index contributed by atoms with van der Waals surface area (Å²) in [5.41, 5.74) is 0. The molecule has 0 N–H and O–H groups in total. The van der Waals surface area contributed by atoms with Gasteiger partial charge in [-0.2, -0.15) is 18.2 Å². The van der Waals surface area contributed by atoms with Crippen molar-refractivity contribution in [3.63, 3.8) is 0 Å². The Morgan fingerprint density at radius 1 is 0.750 bits per heavy atom. The molecule has 0 heterocycles. The van der Waals surface area contributed by atoms with E-state index >= 15 is 0 Å². The molecule has 1 aromatic carbocycles. The molecular formula is C8H5CrO3+4. The Kier molecular flexibility index (Phi) is 93.1. The van der Waals surface area contributed by atoms with Crippen LogP contribution in [0.15, 0.2) is 30.3 Å². The van der Waals surface area contributed by atoms with Crippen LogP contribution in [0.2, 0.25) is 0 Å². The van der Waals surface area contributed by atoms with E-state index in [4.69, 9.17) is 14.0 Å². The minimum atomic E-state index is 0. The van der Waals surface area contributed by atoms with Crippen LogP contribution in [0.4, 0.5) is 0 Å². The van der Waals surface area contributed by atoms with Gasteiger partial charge in [-0.15, -0.1) is 0 Å². The molecule has 0 aliphatic carbocycles. The molecule has 12 heavy (non-hydrogen) atoms. The van der Waals surface area contributed by atoms with Gasteiger partial charge >= 0.3 is 51.3 Å². The van der Waals surface area contributed by atoms with Crippen LogP contribution in [0.25, 0.3) is 0 Å². The first-order valence-corrected chi connectivity index (χ1v) is 2.28. The van der Waals surface area contributed by atoms with E-state index in [1.807, 2.05) is 30.3 Å². The van der Waals surface area contributed by atoms with Crippen LogP contribution < -0.4 is 0 Å². The fourth-order valence-corrected chi connectivity index (χ4v) is 0.321. The first-order valence-electron chi connectivity index (χ1n) is 2.28. The molecule has 0 saturated heterocycles. The summed E-state index contributed by atoms with van der Waals surface area (Å²) >= 11 is 0. The largest absolute Gasteiger partial charge is 5.00 e. The van der Waals surface area contributed by atoms with Crippen LogP contribution in [0.3, 0.4) is 0 Å². The Labute approximate surface area is 82.0 Å². The van der Waals surface area contributed by atoms with Crippen LogP contribution in [0, 0.1) is 20.0 Å². The molecule has 0 saturated carbocycles. The van der Waals surface area contributed by atoms with Crippen LogP contribution in [-0.4, -0.2) is 0 Å². The predicted molar refractivity (Wildman–Crippen MR) is 33.8 cm³/mol. The van der Waals surface area contributed by atoms with Crippen molar-refractivity contribution < 1.29 is 31.3 Å². The summed E-state index contributed by atoms with van der Waals surface area (Å²) in [5.74, 6) is 0. The third-order valence-electron chi connectivity index (χ3n) is 0.556. The Bertz CT molecular complexity index is 142. The van der Waals surface area contributed by atoms with Crippen LogP contribution in [0.1, 0.15) is 0 Å². The molecule has 0 spiro atoms. The van der Waals surface area contributed by atoms with Crippen molar-refractivity contribution >= 4 is 0 Å². The summed E-state index contributed by atoms with van der Waals surface area (Å²) < 4.78 is 22.5.